The molecule has 0 bridgehead atoms. The third-order valence-corrected chi connectivity index (χ3v) is 6.21. The van der Waals surface area contributed by atoms with Crippen LogP contribution in [-0.2, 0) is 5.75 Å². The molecule has 0 unspecified atom stereocenters. The first-order chi connectivity index (χ1) is 16.1. The Hall–Kier alpha value is -4.08. The number of ether oxygens (including phenoxy) is 1. The lowest BCUT2D eigenvalue weighted by atomic mass is 9.99. The van der Waals surface area contributed by atoms with Gasteiger partial charge in [-0.05, 0) is 53.6 Å². The second-order valence-electron chi connectivity index (χ2n) is 7.24. The number of nitriles is 1. The Morgan fingerprint density at radius 3 is 2.45 bits per heavy atom. The van der Waals surface area contributed by atoms with Crippen molar-refractivity contribution in [3.8, 4) is 40.0 Å². The average Bonchev–Trinajstić information content (AvgIpc) is 2.88. The maximum atomic E-state index is 11.2. The molecule has 1 N–H and O–H groups in total. The molecule has 1 aromatic heterocycles. The molecule has 4 rings (SSSR count). The zero-order valence-electron chi connectivity index (χ0n) is 17.9. The summed E-state index contributed by atoms with van der Waals surface area (Å²) in [6.45, 7) is 0. The second-order valence-corrected chi connectivity index (χ2v) is 8.21. The van der Waals surface area contributed by atoms with E-state index in [-0.39, 0.29) is 11.3 Å². The fraction of sp³-hybridized carbons (Fsp3) is 0.0741. The molecule has 0 radical (unpaired) electrons. The molecule has 3 aromatic carbocycles. The number of benzene rings is 3. The molecule has 0 atom stereocenters. The number of aldehydes is 1. The van der Waals surface area contributed by atoms with Gasteiger partial charge in [-0.15, -0.1) is 11.8 Å². The number of methoxy groups -OCH3 is 1. The number of aromatic nitrogens is 1. The van der Waals surface area contributed by atoms with Gasteiger partial charge < -0.3 is 9.84 Å². The minimum atomic E-state index is -0.0533. The van der Waals surface area contributed by atoms with Crippen molar-refractivity contribution in [2.75, 3.05) is 7.11 Å². The number of phenolic OH excluding ortho intramolecular Hbond substituents is 1. The number of nitrogens with zero attached hydrogens (tertiary/aromatic N) is 2. The van der Waals surface area contributed by atoms with Gasteiger partial charge in [0, 0.05) is 16.9 Å². The van der Waals surface area contributed by atoms with Crippen molar-refractivity contribution in [2.45, 2.75) is 10.8 Å². The first-order valence-electron chi connectivity index (χ1n) is 10.2. The highest BCUT2D eigenvalue weighted by molar-refractivity contribution is 7.98. The predicted octanol–water partition coefficient (Wildman–Crippen LogP) is 6.11. The molecule has 0 saturated carbocycles. The summed E-state index contributed by atoms with van der Waals surface area (Å²) in [4.78, 5) is 16.0. The van der Waals surface area contributed by atoms with Crippen molar-refractivity contribution in [3.05, 3.63) is 95.6 Å². The van der Waals surface area contributed by atoms with E-state index in [1.54, 1.807) is 19.2 Å². The molecule has 162 valence electrons. The van der Waals surface area contributed by atoms with Crippen molar-refractivity contribution >= 4 is 18.0 Å². The van der Waals surface area contributed by atoms with E-state index in [1.165, 1.54) is 17.8 Å². The number of rotatable bonds is 7. The van der Waals surface area contributed by atoms with Crippen LogP contribution in [0.5, 0.6) is 11.5 Å². The standard InChI is InChI=1S/C27H20N2O3S/c1-32-22-10-8-20(9-11-22)25-14-23(19-5-3-2-4-6-19)24(15-28)27(29-25)33-17-18-7-12-26(31)21(13-18)16-30/h2-14,16,31H,17H2,1H3. The number of carbonyl (C=O) groups is 1. The lowest BCUT2D eigenvalue weighted by Gasteiger charge is -2.13. The van der Waals surface area contributed by atoms with Crippen LogP contribution in [0.15, 0.2) is 83.9 Å². The molecule has 33 heavy (non-hydrogen) atoms. The minimum Gasteiger partial charge on any atom is -0.507 e. The van der Waals surface area contributed by atoms with Gasteiger partial charge in [-0.25, -0.2) is 4.98 Å². The maximum absolute atomic E-state index is 11.2. The summed E-state index contributed by atoms with van der Waals surface area (Å²) < 4.78 is 5.26. The summed E-state index contributed by atoms with van der Waals surface area (Å²) in [7, 11) is 1.62. The molecule has 1 heterocycles. The number of thioether (sulfide) groups is 1. The van der Waals surface area contributed by atoms with Crippen molar-refractivity contribution in [1.29, 1.82) is 5.26 Å². The summed E-state index contributed by atoms with van der Waals surface area (Å²) in [5.41, 5.74) is 4.98. The third kappa shape index (κ3) is 4.89. The van der Waals surface area contributed by atoms with Crippen LogP contribution >= 0.6 is 11.8 Å². The Bertz CT molecular complexity index is 1330. The molecule has 6 heteroatoms. The summed E-state index contributed by atoms with van der Waals surface area (Å²) in [5.74, 6) is 1.19. The number of pyridine rings is 1. The van der Waals surface area contributed by atoms with Crippen LogP contribution in [0.2, 0.25) is 0 Å². The lowest BCUT2D eigenvalue weighted by molar-refractivity contribution is 0.112. The number of hydrogen-bond acceptors (Lipinski definition) is 6. The first kappa shape index (κ1) is 22.1. The number of carbonyl (C=O) groups excluding carboxylic acids is 1. The van der Waals surface area contributed by atoms with E-state index in [0.717, 1.165) is 33.7 Å². The highest BCUT2D eigenvalue weighted by Crippen LogP contribution is 2.36. The molecule has 5 nitrogen and oxygen atoms in total. The first-order valence-corrected chi connectivity index (χ1v) is 11.2. The van der Waals surface area contributed by atoms with Crippen molar-refractivity contribution < 1.29 is 14.6 Å². The van der Waals surface area contributed by atoms with Gasteiger partial charge in [0.05, 0.1) is 23.9 Å². The van der Waals surface area contributed by atoms with Crippen LogP contribution in [0.4, 0.5) is 0 Å². The third-order valence-electron chi connectivity index (χ3n) is 5.16. The zero-order valence-corrected chi connectivity index (χ0v) is 18.7. The van der Waals surface area contributed by atoms with Crippen molar-refractivity contribution in [3.63, 3.8) is 0 Å². The molecule has 0 saturated heterocycles. The topological polar surface area (TPSA) is 83.2 Å². The molecule has 0 amide bonds. The molecule has 0 aliphatic rings. The van der Waals surface area contributed by atoms with Crippen molar-refractivity contribution in [1.82, 2.24) is 4.98 Å². The Kier molecular flexibility index (Phi) is 6.72. The number of phenols is 1. The number of hydrogen-bond donors (Lipinski definition) is 1. The van der Waals surface area contributed by atoms with Crippen LogP contribution in [0.25, 0.3) is 22.4 Å². The van der Waals surface area contributed by atoms with Crippen LogP contribution in [0.1, 0.15) is 21.5 Å². The highest BCUT2D eigenvalue weighted by Gasteiger charge is 2.16. The Balaban J connectivity index is 1.78. The van der Waals surface area contributed by atoms with Crippen LogP contribution < -0.4 is 4.74 Å². The van der Waals surface area contributed by atoms with E-state index in [9.17, 15) is 15.2 Å². The summed E-state index contributed by atoms with van der Waals surface area (Å²) in [6, 6.07) is 26.6. The molecule has 0 aliphatic heterocycles. The monoisotopic (exact) mass is 452 g/mol. The highest BCUT2D eigenvalue weighted by atomic mass is 32.2. The normalized spacial score (nSPS) is 10.4. The Morgan fingerprint density at radius 1 is 1.03 bits per heavy atom. The largest absolute Gasteiger partial charge is 0.507 e. The summed E-state index contributed by atoms with van der Waals surface area (Å²) in [5, 5.41) is 20.4. The van der Waals surface area contributed by atoms with Gasteiger partial charge in [-0.1, -0.05) is 36.4 Å². The maximum Gasteiger partial charge on any atom is 0.153 e. The molecule has 0 fully saturated rings. The molecule has 0 spiro atoms. The fourth-order valence-corrected chi connectivity index (χ4v) is 4.37. The average molecular weight is 453 g/mol. The smallest absolute Gasteiger partial charge is 0.153 e. The van der Waals surface area contributed by atoms with E-state index >= 15 is 0 Å². The second kappa shape index (κ2) is 10.0. The SMILES string of the molecule is COc1ccc(-c2cc(-c3ccccc3)c(C#N)c(SCc3ccc(O)c(C=O)c3)n2)cc1. The zero-order chi connectivity index (χ0) is 23.2. The molecule has 4 aromatic rings. The van der Waals surface area contributed by atoms with E-state index < -0.39 is 0 Å². The van der Waals surface area contributed by atoms with Crippen LogP contribution in [0.3, 0.4) is 0 Å². The van der Waals surface area contributed by atoms with Gasteiger partial charge >= 0.3 is 0 Å². The quantitative estimate of drug-likeness (QED) is 0.269. The summed E-state index contributed by atoms with van der Waals surface area (Å²) >= 11 is 1.42. The van der Waals surface area contributed by atoms with E-state index in [1.807, 2.05) is 60.7 Å². The molecule has 0 aliphatic carbocycles. The van der Waals surface area contributed by atoms with Gasteiger partial charge in [0.25, 0.3) is 0 Å². The van der Waals surface area contributed by atoms with Gasteiger partial charge in [0.15, 0.2) is 6.29 Å². The van der Waals surface area contributed by atoms with E-state index in [4.69, 9.17) is 9.72 Å². The van der Waals surface area contributed by atoms with Crippen LogP contribution in [0, 0.1) is 11.3 Å². The fourth-order valence-electron chi connectivity index (χ4n) is 3.43. The van der Waals surface area contributed by atoms with Crippen LogP contribution in [-0.4, -0.2) is 23.5 Å². The van der Waals surface area contributed by atoms with Gasteiger partial charge in [0.1, 0.15) is 22.6 Å². The van der Waals surface area contributed by atoms with Gasteiger partial charge in [-0.2, -0.15) is 5.26 Å². The minimum absolute atomic E-state index is 0.0533. The lowest BCUT2D eigenvalue weighted by Crippen LogP contribution is -1.96. The van der Waals surface area contributed by atoms with Gasteiger partial charge in [0.2, 0.25) is 0 Å². The van der Waals surface area contributed by atoms with E-state index in [2.05, 4.69) is 6.07 Å². The predicted molar refractivity (Wildman–Crippen MR) is 129 cm³/mol. The van der Waals surface area contributed by atoms with E-state index in [0.29, 0.717) is 22.6 Å². The Morgan fingerprint density at radius 2 is 1.79 bits per heavy atom. The van der Waals surface area contributed by atoms with Gasteiger partial charge in [-0.3, -0.25) is 4.79 Å². The Labute approximate surface area is 196 Å². The molecular formula is C27H20N2O3S. The number of aromatic hydroxyl groups is 1. The summed E-state index contributed by atoms with van der Waals surface area (Å²) in [6.07, 6.45) is 0.625. The molecular weight excluding hydrogens is 432 g/mol. The van der Waals surface area contributed by atoms with Crippen molar-refractivity contribution in [2.24, 2.45) is 0 Å².